The first-order valence-corrected chi connectivity index (χ1v) is 46.3. The third kappa shape index (κ3) is 14.3. The first kappa shape index (κ1) is 80.0. The SMILES string of the molecule is CC(C)(C)c1cc(-c2ccccc2)c(N2c3cc(-c4cc(-c5ccccc5)cc(-c5ccccc5)c4)ccc3B3c4cc(-c5cc(-c6ccccc6)cc(-c6ccccc6)c5)ccc4N(c4c(-c5cccc6oc7ccccc7c56)cc(C(C)(C)C)cc4-c4cccc5oc6ccccc6c45)c4cc(-c5cc(-c6ccccc6)cc(-c6ccccc6)c5)cc2c43)c(-c2ccccc2)c1. The smallest absolute Gasteiger partial charge is 0.252 e. The van der Waals surface area contributed by atoms with Crippen LogP contribution in [0.2, 0.25) is 0 Å². The van der Waals surface area contributed by atoms with Gasteiger partial charge in [0.15, 0.2) is 0 Å². The average molecular weight is 1700 g/mol. The van der Waals surface area contributed by atoms with Crippen LogP contribution in [0.1, 0.15) is 52.7 Å². The van der Waals surface area contributed by atoms with Crippen molar-refractivity contribution in [2.45, 2.75) is 52.4 Å². The first-order chi connectivity index (χ1) is 65.2. The minimum absolute atomic E-state index is 0.286. The van der Waals surface area contributed by atoms with E-state index >= 15 is 0 Å². The number of anilines is 6. The minimum atomic E-state index is -0.431. The molecule has 2 aliphatic rings. The fourth-order valence-electron chi connectivity index (χ4n) is 20.9. The van der Waals surface area contributed by atoms with Gasteiger partial charge in [-0.1, -0.05) is 369 Å². The zero-order valence-electron chi connectivity index (χ0n) is 75.1. The fraction of sp³-hybridized carbons (Fsp3) is 0.0625. The molecule has 2 aromatic heterocycles. The van der Waals surface area contributed by atoms with Gasteiger partial charge in [-0.05, 0) is 288 Å². The van der Waals surface area contributed by atoms with Crippen LogP contribution in [0.25, 0.3) is 189 Å². The predicted molar refractivity (Wildman–Crippen MR) is 563 cm³/mol. The second-order valence-corrected chi connectivity index (χ2v) is 37.8. The number of nitrogens with zero attached hydrogens (tertiary/aromatic N) is 2. The summed E-state index contributed by atoms with van der Waals surface area (Å²) < 4.78 is 14.2. The summed E-state index contributed by atoms with van der Waals surface area (Å²) in [4.78, 5) is 5.49. The molecule has 0 amide bonds. The zero-order valence-corrected chi connectivity index (χ0v) is 75.1. The molecule has 22 aromatic rings. The van der Waals surface area contributed by atoms with Crippen molar-refractivity contribution < 1.29 is 8.83 Å². The third-order valence-corrected chi connectivity index (χ3v) is 27.5. The predicted octanol–water partition coefficient (Wildman–Crippen LogP) is 33.8. The van der Waals surface area contributed by atoms with Crippen LogP contribution < -0.4 is 26.2 Å². The van der Waals surface area contributed by atoms with Crippen molar-refractivity contribution in [3.05, 3.63) is 466 Å². The molecular weight excluding hydrogens is 1610 g/mol. The molecule has 4 heterocycles. The van der Waals surface area contributed by atoms with Crippen molar-refractivity contribution in [1.82, 2.24) is 0 Å². The molecule has 0 aliphatic carbocycles. The maximum atomic E-state index is 7.10. The van der Waals surface area contributed by atoms with Crippen LogP contribution >= 0.6 is 0 Å². The van der Waals surface area contributed by atoms with E-state index < -0.39 is 6.71 Å². The van der Waals surface area contributed by atoms with Crippen molar-refractivity contribution in [2.75, 3.05) is 9.80 Å². The normalized spacial score (nSPS) is 12.4. The Labute approximate surface area is 777 Å². The standard InChI is InChI=1S/C128H93BN2O2/c1-127(2,3)102-78-108(88-49-27-13-28-50-88)125(109(79-102)89-51-29-14-30-52-89)131-115-75-91(99-70-94(84-41-19-9-20-42-84)66-95(71-99)85-43-21-10-22-44-85)61-63-112(115)129-113-74-90(98-68-92(82-37-15-7-16-38-82)65-93(69-98)83-39-17-8-18-40-83)62-64-114(113)130(116-76-101(77-117(131)124(116)129)100-72-96(86-45-23-11-24-46-86)67-97(73-100)87-47-25-12-26-48-87)126-110(104-55-35-59-120-122(104)106-53-31-33-57-118(106)132-120)80-103(128(4,5)6)81-111(126)105-56-36-60-121-123(105)107-54-32-34-58-119(107)133-121/h7-81H,1-6H3. The Morgan fingerprint density at radius 1 is 0.188 bits per heavy atom. The molecule has 0 fully saturated rings. The molecule has 5 heteroatoms. The maximum absolute atomic E-state index is 7.10. The van der Waals surface area contributed by atoms with Crippen LogP contribution in [0.15, 0.2) is 464 Å². The number of furan rings is 2. The van der Waals surface area contributed by atoms with Gasteiger partial charge in [0.1, 0.15) is 22.3 Å². The monoisotopic (exact) mass is 1700 g/mol. The van der Waals surface area contributed by atoms with Crippen LogP contribution in [0.5, 0.6) is 0 Å². The largest absolute Gasteiger partial charge is 0.456 e. The highest BCUT2D eigenvalue weighted by molar-refractivity contribution is 7.00. The Morgan fingerprint density at radius 3 is 0.835 bits per heavy atom. The molecule has 630 valence electrons. The fourth-order valence-corrected chi connectivity index (χ4v) is 20.9. The molecule has 133 heavy (non-hydrogen) atoms. The van der Waals surface area contributed by atoms with Crippen LogP contribution in [0.3, 0.4) is 0 Å². The molecule has 0 unspecified atom stereocenters. The van der Waals surface area contributed by atoms with E-state index in [9.17, 15) is 0 Å². The van der Waals surface area contributed by atoms with Crippen LogP contribution in [-0.2, 0) is 10.8 Å². The van der Waals surface area contributed by atoms with Crippen LogP contribution in [0.4, 0.5) is 34.1 Å². The van der Waals surface area contributed by atoms with Gasteiger partial charge in [-0.15, -0.1) is 0 Å². The van der Waals surface area contributed by atoms with Gasteiger partial charge in [-0.3, -0.25) is 0 Å². The molecule has 0 N–H and O–H groups in total. The van der Waals surface area contributed by atoms with Gasteiger partial charge >= 0.3 is 0 Å². The highest BCUT2D eigenvalue weighted by Gasteiger charge is 2.47. The van der Waals surface area contributed by atoms with Gasteiger partial charge in [-0.2, -0.15) is 0 Å². The molecule has 2 aliphatic heterocycles. The summed E-state index contributed by atoms with van der Waals surface area (Å²) in [7, 11) is 0. The van der Waals surface area contributed by atoms with Gasteiger partial charge < -0.3 is 18.6 Å². The van der Waals surface area contributed by atoms with E-state index in [4.69, 9.17) is 8.83 Å². The number of fused-ring (bicyclic) bond motifs is 10. The Hall–Kier alpha value is -16.3. The molecule has 0 radical (unpaired) electrons. The topological polar surface area (TPSA) is 32.8 Å². The summed E-state index contributed by atoms with van der Waals surface area (Å²) in [5.74, 6) is 0. The van der Waals surface area contributed by atoms with Gasteiger partial charge in [0, 0.05) is 66.5 Å². The lowest BCUT2D eigenvalue weighted by atomic mass is 9.33. The van der Waals surface area contributed by atoms with Gasteiger partial charge in [0.2, 0.25) is 0 Å². The van der Waals surface area contributed by atoms with Crippen molar-refractivity contribution in [1.29, 1.82) is 0 Å². The van der Waals surface area contributed by atoms with Gasteiger partial charge in [-0.25, -0.2) is 0 Å². The van der Waals surface area contributed by atoms with Gasteiger partial charge in [0.05, 0.1) is 11.4 Å². The molecule has 24 rings (SSSR count). The summed E-state index contributed by atoms with van der Waals surface area (Å²) in [6.45, 7) is 13.8. The van der Waals surface area contributed by atoms with E-state index in [0.717, 1.165) is 239 Å². The zero-order chi connectivity index (χ0) is 89.2. The van der Waals surface area contributed by atoms with E-state index in [1.54, 1.807) is 0 Å². The van der Waals surface area contributed by atoms with Crippen LogP contribution in [-0.4, -0.2) is 6.71 Å². The summed E-state index contributed by atoms with van der Waals surface area (Å²) in [5, 5.41) is 4.18. The second kappa shape index (κ2) is 32.4. The summed E-state index contributed by atoms with van der Waals surface area (Å²) in [6, 6.07) is 171. The molecule has 0 saturated heterocycles. The quantitative estimate of drug-likeness (QED) is 0.0958. The maximum Gasteiger partial charge on any atom is 0.252 e. The van der Waals surface area contributed by atoms with E-state index in [0.29, 0.717) is 0 Å². The highest BCUT2D eigenvalue weighted by atomic mass is 16.3. The van der Waals surface area contributed by atoms with E-state index in [2.05, 4.69) is 506 Å². The van der Waals surface area contributed by atoms with Crippen molar-refractivity contribution >= 4 is 101 Å². The van der Waals surface area contributed by atoms with E-state index in [-0.39, 0.29) is 10.8 Å². The molecule has 4 nitrogen and oxygen atoms in total. The Bertz CT molecular complexity index is 7930. The Balaban J connectivity index is 0.911. The van der Waals surface area contributed by atoms with E-state index in [1.807, 2.05) is 0 Å². The number of para-hydroxylation sites is 2. The summed E-state index contributed by atoms with van der Waals surface area (Å²) >= 11 is 0. The average Bonchev–Trinajstić information content (AvgIpc) is 1.26. The lowest BCUT2D eigenvalue weighted by molar-refractivity contribution is 0.590. The molecule has 20 aromatic carbocycles. The second-order valence-electron chi connectivity index (χ2n) is 37.8. The minimum Gasteiger partial charge on any atom is -0.456 e. The first-order valence-electron chi connectivity index (χ1n) is 46.3. The van der Waals surface area contributed by atoms with Gasteiger partial charge in [0.25, 0.3) is 6.71 Å². The molecule has 0 saturated carbocycles. The van der Waals surface area contributed by atoms with Crippen LogP contribution in [0, 0.1) is 0 Å². The molecule has 0 spiro atoms. The lowest BCUT2D eigenvalue weighted by Crippen LogP contribution is -2.61. The third-order valence-electron chi connectivity index (χ3n) is 27.5. The summed E-state index contributed by atoms with van der Waals surface area (Å²) in [5.41, 5.74) is 43.6. The number of benzene rings is 20. The van der Waals surface area contributed by atoms with Crippen molar-refractivity contribution in [2.24, 2.45) is 0 Å². The number of rotatable bonds is 15. The van der Waals surface area contributed by atoms with Crippen molar-refractivity contribution in [3.8, 4) is 145 Å². The molecule has 0 bridgehead atoms. The Morgan fingerprint density at radius 2 is 0.466 bits per heavy atom. The lowest BCUT2D eigenvalue weighted by Gasteiger charge is -2.46. The van der Waals surface area contributed by atoms with Crippen molar-refractivity contribution in [3.63, 3.8) is 0 Å². The Kier molecular flexibility index (Phi) is 19.5. The number of hydrogen-bond donors (Lipinski definition) is 0. The highest BCUT2D eigenvalue weighted by Crippen LogP contribution is 2.58. The summed E-state index contributed by atoms with van der Waals surface area (Å²) in [6.07, 6.45) is 0. The van der Waals surface area contributed by atoms with E-state index in [1.165, 1.54) is 11.1 Å². The molecular formula is C128H93BN2O2. The molecule has 0 atom stereocenters. The number of hydrogen-bond acceptors (Lipinski definition) is 4.